The van der Waals surface area contributed by atoms with E-state index in [1.807, 2.05) is 17.0 Å². The van der Waals surface area contributed by atoms with Crippen molar-refractivity contribution >= 4 is 5.91 Å². The van der Waals surface area contributed by atoms with Gasteiger partial charge in [0.15, 0.2) is 0 Å². The first kappa shape index (κ1) is 18.8. The van der Waals surface area contributed by atoms with Crippen molar-refractivity contribution in [2.45, 2.75) is 65.2 Å². The van der Waals surface area contributed by atoms with Gasteiger partial charge in [-0.2, -0.15) is 0 Å². The lowest BCUT2D eigenvalue weighted by Gasteiger charge is -2.20. The summed E-state index contributed by atoms with van der Waals surface area (Å²) < 4.78 is 5.78. The Morgan fingerprint density at radius 1 is 1.17 bits per heavy atom. The molecule has 1 aliphatic rings. The number of hydrogen-bond acceptors (Lipinski definition) is 2. The molecule has 1 heterocycles. The summed E-state index contributed by atoms with van der Waals surface area (Å²) in [5.41, 5.74) is 1.47. The fourth-order valence-corrected chi connectivity index (χ4v) is 3.14. The molecule has 1 aliphatic heterocycles. The fourth-order valence-electron chi connectivity index (χ4n) is 3.14. The van der Waals surface area contributed by atoms with Crippen LogP contribution in [0.2, 0.25) is 0 Å². The molecule has 0 bridgehead atoms. The van der Waals surface area contributed by atoms with Gasteiger partial charge in [0.05, 0.1) is 6.61 Å². The minimum absolute atomic E-state index is 0.162. The van der Waals surface area contributed by atoms with Gasteiger partial charge in [-0.15, -0.1) is 0 Å². The molecule has 1 saturated heterocycles. The molecule has 0 spiro atoms. The van der Waals surface area contributed by atoms with Crippen molar-refractivity contribution in [3.8, 4) is 5.75 Å². The predicted molar refractivity (Wildman–Crippen MR) is 99.5 cm³/mol. The van der Waals surface area contributed by atoms with Crippen LogP contribution < -0.4 is 4.74 Å². The number of carbonyl (C=O) groups excluding carboxylic acids is 1. The van der Waals surface area contributed by atoms with Crippen molar-refractivity contribution in [2.24, 2.45) is 5.92 Å². The summed E-state index contributed by atoms with van der Waals surface area (Å²) in [6.07, 6.45) is 4.91. The Balaban J connectivity index is 1.69. The lowest BCUT2D eigenvalue weighted by molar-refractivity contribution is -0.131. The molecule has 1 aromatic carbocycles. The zero-order chi connectivity index (χ0) is 17.6. The van der Waals surface area contributed by atoms with Gasteiger partial charge < -0.3 is 9.64 Å². The number of amides is 1. The van der Waals surface area contributed by atoms with Crippen LogP contribution in [0.15, 0.2) is 24.3 Å². The maximum Gasteiger partial charge on any atom is 0.222 e. The second kappa shape index (κ2) is 8.55. The van der Waals surface area contributed by atoms with Crippen molar-refractivity contribution in [1.29, 1.82) is 0 Å². The number of hydrogen-bond donors (Lipinski definition) is 0. The van der Waals surface area contributed by atoms with Gasteiger partial charge in [-0.25, -0.2) is 0 Å². The van der Waals surface area contributed by atoms with E-state index in [9.17, 15) is 4.79 Å². The van der Waals surface area contributed by atoms with E-state index in [-0.39, 0.29) is 11.3 Å². The highest BCUT2D eigenvalue weighted by atomic mass is 16.5. The second-order valence-corrected chi connectivity index (χ2v) is 8.14. The van der Waals surface area contributed by atoms with E-state index in [2.05, 4.69) is 39.8 Å². The molecule has 2 rings (SSSR count). The van der Waals surface area contributed by atoms with Crippen LogP contribution in [0, 0.1) is 5.92 Å². The van der Waals surface area contributed by atoms with Crippen molar-refractivity contribution in [3.05, 3.63) is 29.8 Å². The number of nitrogens with zero attached hydrogens (tertiary/aromatic N) is 1. The van der Waals surface area contributed by atoms with E-state index in [1.165, 1.54) is 12.0 Å². The van der Waals surface area contributed by atoms with Crippen LogP contribution in [-0.2, 0) is 10.2 Å². The molecule has 1 aromatic rings. The average Bonchev–Trinajstić information content (AvgIpc) is 2.76. The van der Waals surface area contributed by atoms with Gasteiger partial charge in [0.2, 0.25) is 5.91 Å². The van der Waals surface area contributed by atoms with Crippen LogP contribution in [0.1, 0.15) is 65.4 Å². The zero-order valence-electron chi connectivity index (χ0n) is 15.8. The van der Waals surface area contributed by atoms with Crippen molar-refractivity contribution < 1.29 is 9.53 Å². The van der Waals surface area contributed by atoms with Crippen LogP contribution in [0.4, 0.5) is 0 Å². The van der Waals surface area contributed by atoms with Crippen LogP contribution in [0.5, 0.6) is 5.75 Å². The van der Waals surface area contributed by atoms with Gasteiger partial charge in [-0.05, 0) is 54.7 Å². The maximum atomic E-state index is 12.3. The van der Waals surface area contributed by atoms with Crippen LogP contribution in [0.3, 0.4) is 0 Å². The van der Waals surface area contributed by atoms with E-state index < -0.39 is 0 Å². The van der Waals surface area contributed by atoms with Crippen molar-refractivity contribution in [1.82, 2.24) is 4.90 Å². The number of likely N-dealkylation sites (tertiary alicyclic amines) is 1. The van der Waals surface area contributed by atoms with Crippen molar-refractivity contribution in [2.75, 3.05) is 19.7 Å². The third kappa shape index (κ3) is 5.85. The van der Waals surface area contributed by atoms with Gasteiger partial charge in [0.1, 0.15) is 5.75 Å². The Kier molecular flexibility index (Phi) is 6.70. The summed E-state index contributed by atoms with van der Waals surface area (Å²) in [7, 11) is 0. The summed E-state index contributed by atoms with van der Waals surface area (Å²) in [5.74, 6) is 1.93. The van der Waals surface area contributed by atoms with Gasteiger partial charge in [-0.3, -0.25) is 4.79 Å². The first-order valence-electron chi connectivity index (χ1n) is 9.37. The molecule has 1 amide bonds. The molecule has 0 aliphatic carbocycles. The summed E-state index contributed by atoms with van der Waals surface area (Å²) >= 11 is 0. The summed E-state index contributed by atoms with van der Waals surface area (Å²) in [6.45, 7) is 11.4. The first-order valence-corrected chi connectivity index (χ1v) is 9.37. The quantitative estimate of drug-likeness (QED) is 0.726. The number of ether oxygens (including phenoxy) is 1. The molecule has 0 saturated carbocycles. The van der Waals surface area contributed by atoms with Crippen molar-refractivity contribution in [3.63, 3.8) is 0 Å². The number of rotatable bonds is 5. The van der Waals surface area contributed by atoms with E-state index in [4.69, 9.17) is 4.74 Å². The third-order valence-electron chi connectivity index (χ3n) is 4.89. The highest BCUT2D eigenvalue weighted by Crippen LogP contribution is 2.24. The molecule has 0 N–H and O–H groups in total. The van der Waals surface area contributed by atoms with E-state index in [0.717, 1.165) is 44.0 Å². The van der Waals surface area contributed by atoms with E-state index in [1.54, 1.807) is 0 Å². The average molecular weight is 332 g/mol. The molecule has 0 radical (unpaired) electrons. The standard InChI is InChI=1S/C21H33NO2/c1-17-7-5-14-22(15-13-17)20(23)8-6-16-24-19-11-9-18(10-12-19)21(2,3)4/h9-12,17H,5-8,13-16H2,1-4H3. The molecule has 1 atom stereocenters. The molecule has 134 valence electrons. The first-order chi connectivity index (χ1) is 11.4. The minimum atomic E-state index is 0.162. The van der Waals surface area contributed by atoms with E-state index >= 15 is 0 Å². The van der Waals surface area contributed by atoms with Gasteiger partial charge in [0, 0.05) is 19.5 Å². The topological polar surface area (TPSA) is 29.5 Å². The Morgan fingerprint density at radius 3 is 2.54 bits per heavy atom. The summed E-state index contributed by atoms with van der Waals surface area (Å²) in [5, 5.41) is 0. The lowest BCUT2D eigenvalue weighted by atomic mass is 9.87. The lowest BCUT2D eigenvalue weighted by Crippen LogP contribution is -2.32. The fraction of sp³-hybridized carbons (Fsp3) is 0.667. The van der Waals surface area contributed by atoms with Gasteiger partial charge in [0.25, 0.3) is 0 Å². The van der Waals surface area contributed by atoms with Crippen LogP contribution >= 0.6 is 0 Å². The largest absolute Gasteiger partial charge is 0.494 e. The molecular weight excluding hydrogens is 298 g/mol. The van der Waals surface area contributed by atoms with Crippen LogP contribution in [-0.4, -0.2) is 30.5 Å². The monoisotopic (exact) mass is 331 g/mol. The predicted octanol–water partition coefficient (Wildman–Crippen LogP) is 4.79. The minimum Gasteiger partial charge on any atom is -0.494 e. The maximum absolute atomic E-state index is 12.3. The van der Waals surface area contributed by atoms with E-state index in [0.29, 0.717) is 13.0 Å². The molecule has 1 unspecified atom stereocenters. The molecular formula is C21H33NO2. The Labute approximate surface area is 147 Å². The SMILES string of the molecule is CC1CCCN(C(=O)CCCOc2ccc(C(C)(C)C)cc2)CC1. The normalized spacial score (nSPS) is 19.0. The molecule has 24 heavy (non-hydrogen) atoms. The van der Waals surface area contributed by atoms with Gasteiger partial charge >= 0.3 is 0 Å². The Hall–Kier alpha value is -1.51. The summed E-state index contributed by atoms with van der Waals surface area (Å²) in [4.78, 5) is 14.3. The Bertz CT molecular complexity index is 516. The molecule has 1 fully saturated rings. The highest BCUT2D eigenvalue weighted by Gasteiger charge is 2.18. The molecule has 0 aromatic heterocycles. The molecule has 3 heteroatoms. The molecule has 3 nitrogen and oxygen atoms in total. The zero-order valence-corrected chi connectivity index (χ0v) is 15.8. The highest BCUT2D eigenvalue weighted by molar-refractivity contribution is 5.76. The Morgan fingerprint density at radius 2 is 1.88 bits per heavy atom. The second-order valence-electron chi connectivity index (χ2n) is 8.14. The van der Waals surface area contributed by atoms with Crippen LogP contribution in [0.25, 0.3) is 0 Å². The smallest absolute Gasteiger partial charge is 0.222 e. The number of benzene rings is 1. The number of carbonyl (C=O) groups is 1. The third-order valence-corrected chi connectivity index (χ3v) is 4.89. The van der Waals surface area contributed by atoms with Gasteiger partial charge in [-0.1, -0.05) is 39.8 Å². The summed E-state index contributed by atoms with van der Waals surface area (Å²) in [6, 6.07) is 8.30.